The maximum Gasteiger partial charge on any atom is 0.325 e. The van der Waals surface area contributed by atoms with Gasteiger partial charge in [-0.3, -0.25) is 14.4 Å². The predicted octanol–water partition coefficient (Wildman–Crippen LogP) is 2.81. The average molecular weight is 378 g/mol. The summed E-state index contributed by atoms with van der Waals surface area (Å²) in [7, 11) is 1.77. The van der Waals surface area contributed by atoms with E-state index in [0.29, 0.717) is 25.1 Å². The Balaban J connectivity index is 1.35. The molecule has 0 aliphatic carbocycles. The van der Waals surface area contributed by atoms with Crippen LogP contribution in [0.5, 0.6) is 5.75 Å². The molecule has 4 rings (SSSR count). The summed E-state index contributed by atoms with van der Waals surface area (Å²) in [5, 5.41) is 9.15. The van der Waals surface area contributed by atoms with Crippen LogP contribution in [0.4, 0.5) is 4.79 Å². The highest BCUT2D eigenvalue weighted by Gasteiger charge is 2.49. The first-order chi connectivity index (χ1) is 13.5. The van der Waals surface area contributed by atoms with Gasteiger partial charge in [0.1, 0.15) is 11.3 Å². The van der Waals surface area contributed by atoms with Crippen molar-refractivity contribution in [3.63, 3.8) is 0 Å². The lowest BCUT2D eigenvalue weighted by atomic mass is 9.95. The minimum Gasteiger partial charge on any atom is -0.494 e. The van der Waals surface area contributed by atoms with Gasteiger partial charge in [0.25, 0.3) is 5.91 Å². The number of ether oxygens (including phenoxy) is 1. The summed E-state index contributed by atoms with van der Waals surface area (Å²) in [5.74, 6) is 0.507. The van der Waals surface area contributed by atoms with Gasteiger partial charge in [-0.25, -0.2) is 4.79 Å². The number of fused-ring (bicyclic) bond motifs is 1. The van der Waals surface area contributed by atoms with Gasteiger partial charge >= 0.3 is 6.03 Å². The molecule has 1 saturated heterocycles. The number of hydrogen-bond acceptors (Lipinski definition) is 4. The lowest BCUT2D eigenvalue weighted by Gasteiger charge is -2.20. The molecule has 3 aromatic rings. The van der Waals surface area contributed by atoms with Crippen LogP contribution in [0.1, 0.15) is 18.9 Å². The van der Waals surface area contributed by atoms with E-state index in [1.54, 1.807) is 31.0 Å². The van der Waals surface area contributed by atoms with Crippen LogP contribution in [0.25, 0.3) is 10.8 Å². The lowest BCUT2D eigenvalue weighted by molar-refractivity contribution is -0.131. The fourth-order valence-corrected chi connectivity index (χ4v) is 3.44. The molecule has 0 saturated carbocycles. The van der Waals surface area contributed by atoms with Crippen molar-refractivity contribution in [1.29, 1.82) is 0 Å². The molecule has 0 bridgehead atoms. The first-order valence-electron chi connectivity index (χ1n) is 9.22. The Morgan fingerprint density at radius 1 is 1.14 bits per heavy atom. The molecule has 0 spiro atoms. The van der Waals surface area contributed by atoms with Crippen LogP contribution in [0.15, 0.2) is 54.9 Å². The second-order valence-corrected chi connectivity index (χ2v) is 7.13. The monoisotopic (exact) mass is 378 g/mol. The number of aromatic nitrogens is 2. The van der Waals surface area contributed by atoms with E-state index in [4.69, 9.17) is 4.74 Å². The first kappa shape index (κ1) is 18.0. The molecule has 7 nitrogen and oxygen atoms in total. The summed E-state index contributed by atoms with van der Waals surface area (Å²) in [6.07, 6.45) is 3.89. The number of aryl methyl sites for hydroxylation is 1. The zero-order valence-electron chi connectivity index (χ0n) is 15.9. The Labute approximate surface area is 162 Å². The van der Waals surface area contributed by atoms with Crippen molar-refractivity contribution in [3.05, 3.63) is 60.4 Å². The van der Waals surface area contributed by atoms with Gasteiger partial charge in [0.05, 0.1) is 12.8 Å². The summed E-state index contributed by atoms with van der Waals surface area (Å²) in [6.45, 7) is 2.42. The second kappa shape index (κ2) is 6.99. The molecule has 144 valence electrons. The number of carbonyl (C=O) groups is 2. The van der Waals surface area contributed by atoms with E-state index >= 15 is 0 Å². The van der Waals surface area contributed by atoms with E-state index in [-0.39, 0.29) is 11.9 Å². The lowest BCUT2D eigenvalue weighted by Crippen LogP contribution is -2.40. The summed E-state index contributed by atoms with van der Waals surface area (Å²) in [5.41, 5.74) is -0.409. The van der Waals surface area contributed by atoms with E-state index in [9.17, 15) is 9.59 Å². The minimum atomic E-state index is -1.08. The van der Waals surface area contributed by atoms with E-state index in [0.717, 1.165) is 16.5 Å². The van der Waals surface area contributed by atoms with Crippen molar-refractivity contribution >= 4 is 22.7 Å². The molecule has 7 heteroatoms. The minimum absolute atomic E-state index is 0.267. The Bertz CT molecular complexity index is 1040. The number of rotatable bonds is 6. The summed E-state index contributed by atoms with van der Waals surface area (Å²) in [4.78, 5) is 26.4. The first-order valence-corrected chi connectivity index (χ1v) is 9.22. The van der Waals surface area contributed by atoms with Crippen LogP contribution in [-0.4, -0.2) is 39.8 Å². The number of urea groups is 1. The van der Waals surface area contributed by atoms with Crippen molar-refractivity contribution < 1.29 is 14.3 Å². The third kappa shape index (κ3) is 3.19. The quantitative estimate of drug-likeness (QED) is 0.529. The second-order valence-electron chi connectivity index (χ2n) is 7.13. The van der Waals surface area contributed by atoms with Gasteiger partial charge in [0, 0.05) is 25.4 Å². The molecule has 0 radical (unpaired) electrons. The highest BCUT2D eigenvalue weighted by Crippen LogP contribution is 2.28. The van der Waals surface area contributed by atoms with Crippen molar-refractivity contribution in [2.24, 2.45) is 7.05 Å². The standard InChI is InChI=1S/C21H22N4O3/c1-21(17-13-22-24(2)14-17)19(26)25(20(27)23-21)10-5-11-28-18-9-8-15-6-3-4-7-16(15)12-18/h3-4,6-9,12-14H,5,10-11H2,1-2H3,(H,23,27)/t21-/m1/s1. The van der Waals surface area contributed by atoms with Crippen molar-refractivity contribution in [2.45, 2.75) is 18.9 Å². The van der Waals surface area contributed by atoms with E-state index in [2.05, 4.69) is 16.5 Å². The number of hydrogen-bond donors (Lipinski definition) is 1. The SMILES string of the molecule is Cn1cc([C@@]2(C)NC(=O)N(CCCOc3ccc4ccccc4c3)C2=O)cn1. The van der Waals surface area contributed by atoms with Gasteiger partial charge in [-0.15, -0.1) is 0 Å². The number of nitrogens with zero attached hydrogens (tertiary/aromatic N) is 3. The zero-order chi connectivity index (χ0) is 19.7. The van der Waals surface area contributed by atoms with Crippen molar-refractivity contribution in [2.75, 3.05) is 13.2 Å². The number of nitrogens with one attached hydrogen (secondary N) is 1. The third-order valence-electron chi connectivity index (χ3n) is 5.07. The molecule has 1 aromatic heterocycles. The number of amides is 3. The maximum absolute atomic E-state index is 12.8. The molecule has 1 fully saturated rings. The summed E-state index contributed by atoms with van der Waals surface area (Å²) >= 11 is 0. The van der Waals surface area contributed by atoms with Gasteiger partial charge in [0.15, 0.2) is 0 Å². The topological polar surface area (TPSA) is 76.5 Å². The van der Waals surface area contributed by atoms with Crippen LogP contribution in [0.2, 0.25) is 0 Å². The van der Waals surface area contributed by atoms with Gasteiger partial charge < -0.3 is 10.1 Å². The normalized spacial score (nSPS) is 19.3. The molecule has 1 aliphatic rings. The molecular weight excluding hydrogens is 356 g/mol. The van der Waals surface area contributed by atoms with Gasteiger partial charge in [0.2, 0.25) is 0 Å². The van der Waals surface area contributed by atoms with Crippen LogP contribution in [-0.2, 0) is 17.4 Å². The van der Waals surface area contributed by atoms with Crippen molar-refractivity contribution in [3.8, 4) is 5.75 Å². The molecule has 3 amide bonds. The highest BCUT2D eigenvalue weighted by molar-refractivity contribution is 6.07. The van der Waals surface area contributed by atoms with Crippen LogP contribution in [0, 0.1) is 0 Å². The van der Waals surface area contributed by atoms with Crippen molar-refractivity contribution in [1.82, 2.24) is 20.0 Å². The fourth-order valence-electron chi connectivity index (χ4n) is 3.44. The summed E-state index contributed by atoms with van der Waals surface area (Å²) in [6, 6.07) is 13.6. The molecular formula is C21H22N4O3. The van der Waals surface area contributed by atoms with Gasteiger partial charge in [-0.05, 0) is 36.2 Å². The predicted molar refractivity (Wildman–Crippen MR) is 105 cm³/mol. The zero-order valence-corrected chi connectivity index (χ0v) is 15.9. The Hall–Kier alpha value is -3.35. The Kier molecular flexibility index (Phi) is 4.50. The van der Waals surface area contributed by atoms with Crippen LogP contribution >= 0.6 is 0 Å². The smallest absolute Gasteiger partial charge is 0.325 e. The molecule has 2 heterocycles. The molecule has 2 aromatic carbocycles. The van der Waals surface area contributed by atoms with E-state index in [1.165, 1.54) is 4.90 Å². The maximum atomic E-state index is 12.8. The van der Waals surface area contributed by atoms with Crippen LogP contribution in [0.3, 0.4) is 0 Å². The van der Waals surface area contributed by atoms with Gasteiger partial charge in [-0.1, -0.05) is 30.3 Å². The molecule has 28 heavy (non-hydrogen) atoms. The van der Waals surface area contributed by atoms with Crippen LogP contribution < -0.4 is 10.1 Å². The molecule has 1 N–H and O–H groups in total. The number of benzene rings is 2. The molecule has 0 unspecified atom stereocenters. The van der Waals surface area contributed by atoms with E-state index < -0.39 is 5.54 Å². The average Bonchev–Trinajstić information content (AvgIpc) is 3.22. The molecule has 1 aliphatic heterocycles. The van der Waals surface area contributed by atoms with E-state index in [1.807, 2.05) is 36.4 Å². The van der Waals surface area contributed by atoms with Gasteiger partial charge in [-0.2, -0.15) is 5.10 Å². The third-order valence-corrected chi connectivity index (χ3v) is 5.07. The largest absolute Gasteiger partial charge is 0.494 e. The summed E-state index contributed by atoms with van der Waals surface area (Å²) < 4.78 is 7.41. The Morgan fingerprint density at radius 2 is 1.93 bits per heavy atom. The number of carbonyl (C=O) groups excluding carboxylic acids is 2. The molecule has 1 atom stereocenters. The Morgan fingerprint density at radius 3 is 2.68 bits per heavy atom. The number of imide groups is 1. The highest BCUT2D eigenvalue weighted by atomic mass is 16.5. The fraction of sp³-hybridized carbons (Fsp3) is 0.286.